The normalized spacial score (nSPS) is 24.2. The van der Waals surface area contributed by atoms with E-state index in [2.05, 4.69) is 11.4 Å². The van der Waals surface area contributed by atoms with Gasteiger partial charge in [0.1, 0.15) is 16.9 Å². The van der Waals surface area contributed by atoms with Crippen LogP contribution in [-0.4, -0.2) is 20.1 Å². The van der Waals surface area contributed by atoms with Crippen LogP contribution in [0.5, 0.6) is 11.5 Å². The summed E-state index contributed by atoms with van der Waals surface area (Å²) in [6.07, 6.45) is 1.21. The maximum absolute atomic E-state index is 12.3. The first-order valence-corrected chi connectivity index (χ1v) is 6.49. The van der Waals surface area contributed by atoms with E-state index in [-0.39, 0.29) is 5.91 Å². The maximum atomic E-state index is 12.3. The highest BCUT2D eigenvalue weighted by molar-refractivity contribution is 5.99. The number of anilines is 1. The number of ether oxygens (including phenoxy) is 2. The number of nitrogens with zero attached hydrogens (tertiary/aromatic N) is 1. The van der Waals surface area contributed by atoms with Crippen molar-refractivity contribution in [2.24, 2.45) is 11.3 Å². The zero-order valence-corrected chi connectivity index (χ0v) is 11.9. The Morgan fingerprint density at radius 1 is 1.40 bits per heavy atom. The van der Waals surface area contributed by atoms with Crippen molar-refractivity contribution in [3.8, 4) is 17.6 Å². The van der Waals surface area contributed by atoms with Crippen LogP contribution in [0.25, 0.3) is 0 Å². The molecular formula is C15H18N2O3. The third-order valence-corrected chi connectivity index (χ3v) is 3.70. The number of rotatable bonds is 4. The second-order valence-corrected chi connectivity index (χ2v) is 5.23. The van der Waals surface area contributed by atoms with E-state index in [1.807, 2.05) is 6.92 Å². The summed E-state index contributed by atoms with van der Waals surface area (Å²) in [5.74, 6) is 1.31. The molecule has 1 N–H and O–H groups in total. The first-order chi connectivity index (χ1) is 9.54. The molecule has 1 aromatic rings. The fourth-order valence-electron chi connectivity index (χ4n) is 2.60. The van der Waals surface area contributed by atoms with Gasteiger partial charge in [0.15, 0.2) is 0 Å². The Hall–Kier alpha value is -2.22. The van der Waals surface area contributed by atoms with Crippen molar-refractivity contribution in [2.75, 3.05) is 19.5 Å². The minimum Gasteiger partial charge on any atom is -0.497 e. The Balaban J connectivity index is 2.18. The molecule has 5 nitrogen and oxygen atoms in total. The van der Waals surface area contributed by atoms with Gasteiger partial charge in [-0.2, -0.15) is 5.26 Å². The minimum absolute atomic E-state index is 0.262. The van der Waals surface area contributed by atoms with Crippen LogP contribution in [0.2, 0.25) is 0 Å². The van der Waals surface area contributed by atoms with Gasteiger partial charge in [-0.3, -0.25) is 4.79 Å². The quantitative estimate of drug-likeness (QED) is 0.916. The first kappa shape index (κ1) is 14.2. The highest BCUT2D eigenvalue weighted by atomic mass is 16.5. The third-order valence-electron chi connectivity index (χ3n) is 3.70. The lowest BCUT2D eigenvalue weighted by Crippen LogP contribution is -2.45. The molecule has 106 valence electrons. The number of benzene rings is 1. The molecule has 5 heteroatoms. The summed E-state index contributed by atoms with van der Waals surface area (Å²) < 4.78 is 10.3. The number of nitriles is 1. The van der Waals surface area contributed by atoms with E-state index in [4.69, 9.17) is 9.47 Å². The molecule has 0 heterocycles. The summed E-state index contributed by atoms with van der Waals surface area (Å²) in [6.45, 7) is 2.04. The number of methoxy groups -OCH3 is 2. The molecule has 0 bridgehead atoms. The third kappa shape index (κ3) is 2.42. The van der Waals surface area contributed by atoms with Crippen LogP contribution < -0.4 is 14.8 Å². The Morgan fingerprint density at radius 2 is 2.10 bits per heavy atom. The van der Waals surface area contributed by atoms with Crippen molar-refractivity contribution in [1.82, 2.24) is 0 Å². The molecule has 1 aliphatic carbocycles. The first-order valence-electron chi connectivity index (χ1n) is 6.49. The van der Waals surface area contributed by atoms with Gasteiger partial charge in [0.25, 0.3) is 0 Å². The smallest absolute Gasteiger partial charge is 0.244 e. The Kier molecular flexibility index (Phi) is 3.84. The second-order valence-electron chi connectivity index (χ2n) is 5.23. The predicted molar refractivity (Wildman–Crippen MR) is 74.6 cm³/mol. The zero-order chi connectivity index (χ0) is 14.8. The van der Waals surface area contributed by atoms with E-state index in [9.17, 15) is 10.1 Å². The fraction of sp³-hybridized carbons (Fsp3) is 0.467. The van der Waals surface area contributed by atoms with E-state index in [0.29, 0.717) is 35.9 Å². The molecule has 1 aliphatic rings. The number of amides is 1. The zero-order valence-electron chi connectivity index (χ0n) is 11.9. The van der Waals surface area contributed by atoms with Crippen molar-refractivity contribution in [2.45, 2.75) is 19.8 Å². The molecule has 0 radical (unpaired) electrons. The van der Waals surface area contributed by atoms with Crippen LogP contribution in [0.1, 0.15) is 19.8 Å². The fourth-order valence-corrected chi connectivity index (χ4v) is 2.60. The van der Waals surface area contributed by atoms with E-state index < -0.39 is 5.41 Å². The largest absolute Gasteiger partial charge is 0.497 e. The van der Waals surface area contributed by atoms with Gasteiger partial charge in [-0.1, -0.05) is 6.92 Å². The van der Waals surface area contributed by atoms with E-state index in [0.717, 1.165) is 0 Å². The van der Waals surface area contributed by atoms with Crippen LogP contribution in [-0.2, 0) is 4.79 Å². The number of hydrogen-bond donors (Lipinski definition) is 1. The number of carbonyl (C=O) groups excluding carboxylic acids is 1. The SMILES string of the molecule is COc1ccc(NC(=O)C2(C#N)CC(C)C2)c(OC)c1. The summed E-state index contributed by atoms with van der Waals surface area (Å²) >= 11 is 0. The predicted octanol–water partition coefficient (Wildman–Crippen LogP) is 2.58. The molecule has 2 rings (SSSR count). The summed E-state index contributed by atoms with van der Waals surface area (Å²) in [4.78, 5) is 12.3. The topological polar surface area (TPSA) is 71.3 Å². The molecule has 0 saturated heterocycles. The Morgan fingerprint density at radius 3 is 2.60 bits per heavy atom. The van der Waals surface area contributed by atoms with Gasteiger partial charge in [0.05, 0.1) is 26.0 Å². The van der Waals surface area contributed by atoms with Gasteiger partial charge >= 0.3 is 0 Å². The summed E-state index contributed by atoms with van der Waals surface area (Å²) in [5.41, 5.74) is -0.350. The lowest BCUT2D eigenvalue weighted by Gasteiger charge is -2.39. The lowest BCUT2D eigenvalue weighted by molar-refractivity contribution is -0.128. The van der Waals surface area contributed by atoms with Gasteiger partial charge < -0.3 is 14.8 Å². The molecule has 1 saturated carbocycles. The summed E-state index contributed by atoms with van der Waals surface area (Å²) in [6, 6.07) is 7.29. The molecule has 0 aliphatic heterocycles. The minimum atomic E-state index is -0.898. The Labute approximate surface area is 118 Å². The second kappa shape index (κ2) is 5.41. The monoisotopic (exact) mass is 274 g/mol. The van der Waals surface area contributed by atoms with Gasteiger partial charge in [-0.25, -0.2) is 0 Å². The van der Waals surface area contributed by atoms with Crippen molar-refractivity contribution in [1.29, 1.82) is 5.26 Å². The highest BCUT2D eigenvalue weighted by Crippen LogP contribution is 2.46. The van der Waals surface area contributed by atoms with Crippen LogP contribution in [0, 0.1) is 22.7 Å². The average molecular weight is 274 g/mol. The molecular weight excluding hydrogens is 256 g/mol. The van der Waals surface area contributed by atoms with Gasteiger partial charge in [-0.05, 0) is 30.9 Å². The van der Waals surface area contributed by atoms with E-state index in [1.54, 1.807) is 25.3 Å². The van der Waals surface area contributed by atoms with Gasteiger partial charge in [0.2, 0.25) is 5.91 Å². The lowest BCUT2D eigenvalue weighted by atomic mass is 9.63. The van der Waals surface area contributed by atoms with Gasteiger partial charge in [-0.15, -0.1) is 0 Å². The number of hydrogen-bond acceptors (Lipinski definition) is 4. The van der Waals surface area contributed by atoms with Crippen molar-refractivity contribution in [3.63, 3.8) is 0 Å². The van der Waals surface area contributed by atoms with Crippen molar-refractivity contribution < 1.29 is 14.3 Å². The molecule has 0 aromatic heterocycles. The standard InChI is InChI=1S/C15H18N2O3/c1-10-7-15(8-10,9-16)14(18)17-12-5-4-11(19-2)6-13(12)20-3/h4-6,10H,7-8H2,1-3H3,(H,17,18). The molecule has 20 heavy (non-hydrogen) atoms. The van der Waals surface area contributed by atoms with Crippen LogP contribution in [0.3, 0.4) is 0 Å². The molecule has 0 atom stereocenters. The molecule has 1 fully saturated rings. The Bertz CT molecular complexity index is 557. The maximum Gasteiger partial charge on any atom is 0.244 e. The van der Waals surface area contributed by atoms with Crippen LogP contribution in [0.15, 0.2) is 18.2 Å². The van der Waals surface area contributed by atoms with Crippen LogP contribution in [0.4, 0.5) is 5.69 Å². The van der Waals surface area contributed by atoms with Crippen LogP contribution >= 0.6 is 0 Å². The number of carbonyl (C=O) groups is 1. The van der Waals surface area contributed by atoms with Crippen molar-refractivity contribution >= 4 is 11.6 Å². The van der Waals surface area contributed by atoms with Gasteiger partial charge in [0, 0.05) is 6.07 Å². The van der Waals surface area contributed by atoms with E-state index >= 15 is 0 Å². The molecule has 0 spiro atoms. The molecule has 0 unspecified atom stereocenters. The highest BCUT2D eigenvalue weighted by Gasteiger charge is 2.49. The average Bonchev–Trinajstić information content (AvgIpc) is 2.43. The summed E-state index contributed by atoms with van der Waals surface area (Å²) in [5, 5.41) is 12.0. The molecule has 1 aromatic carbocycles. The van der Waals surface area contributed by atoms with E-state index in [1.165, 1.54) is 7.11 Å². The van der Waals surface area contributed by atoms with Crippen molar-refractivity contribution in [3.05, 3.63) is 18.2 Å². The number of nitrogens with one attached hydrogen (secondary N) is 1. The molecule has 1 amide bonds. The summed E-state index contributed by atoms with van der Waals surface area (Å²) in [7, 11) is 3.09.